The topological polar surface area (TPSA) is 57.7 Å². The van der Waals surface area contributed by atoms with Crippen LogP contribution in [0.1, 0.15) is 37.3 Å². The molecule has 29 heavy (non-hydrogen) atoms. The summed E-state index contributed by atoms with van der Waals surface area (Å²) >= 11 is 6.28. The van der Waals surface area contributed by atoms with Crippen LogP contribution in [0.15, 0.2) is 53.4 Å². The van der Waals surface area contributed by atoms with E-state index >= 15 is 0 Å². The maximum absolute atomic E-state index is 13.6. The largest absolute Gasteiger partial charge is 0.338 e. The van der Waals surface area contributed by atoms with E-state index in [1.54, 1.807) is 30.0 Å². The molecule has 2 aliphatic heterocycles. The zero-order valence-corrected chi connectivity index (χ0v) is 17.8. The lowest BCUT2D eigenvalue weighted by molar-refractivity contribution is -0.127. The predicted molar refractivity (Wildman–Crippen MR) is 116 cm³/mol. The molecule has 0 aliphatic carbocycles. The molecule has 0 unspecified atom stereocenters. The van der Waals surface area contributed by atoms with Crippen LogP contribution in [-0.4, -0.2) is 38.9 Å². The van der Waals surface area contributed by atoms with Gasteiger partial charge in [-0.15, -0.1) is 0 Å². The molecule has 0 radical (unpaired) electrons. The minimum absolute atomic E-state index is 0.151. The Kier molecular flexibility index (Phi) is 5.40. The van der Waals surface area contributed by atoms with Gasteiger partial charge in [-0.1, -0.05) is 41.9 Å². The lowest BCUT2D eigenvalue weighted by atomic mass is 9.95. The average Bonchev–Trinajstić information content (AvgIpc) is 2.73. The minimum Gasteiger partial charge on any atom is -0.338 e. The van der Waals surface area contributed by atoms with Crippen LogP contribution >= 0.6 is 11.6 Å². The molecule has 0 aromatic heterocycles. The molecule has 1 fully saturated rings. The van der Waals surface area contributed by atoms with Crippen LogP contribution in [0.5, 0.6) is 0 Å². The smallest absolute Gasteiger partial charge is 0.270 e. The van der Waals surface area contributed by atoms with Crippen LogP contribution in [0.25, 0.3) is 5.57 Å². The number of rotatable bonds is 3. The van der Waals surface area contributed by atoms with Gasteiger partial charge in [0.1, 0.15) is 0 Å². The molecule has 7 heteroatoms. The normalized spacial score (nSPS) is 18.6. The average molecular weight is 431 g/mol. The summed E-state index contributed by atoms with van der Waals surface area (Å²) in [6.07, 6.45) is 2.83. The summed E-state index contributed by atoms with van der Waals surface area (Å²) in [7, 11) is -4.01. The minimum atomic E-state index is -4.01. The molecular formula is C22H23ClN2O3S. The van der Waals surface area contributed by atoms with Crippen molar-refractivity contribution in [2.75, 3.05) is 23.9 Å². The zero-order valence-electron chi connectivity index (χ0n) is 16.3. The molecule has 0 N–H and O–H groups in total. The molecule has 0 atom stereocenters. The van der Waals surface area contributed by atoms with E-state index in [0.717, 1.165) is 19.3 Å². The van der Waals surface area contributed by atoms with Crippen molar-refractivity contribution in [1.82, 2.24) is 4.90 Å². The van der Waals surface area contributed by atoms with Crippen molar-refractivity contribution in [2.24, 2.45) is 0 Å². The maximum atomic E-state index is 13.6. The van der Waals surface area contributed by atoms with E-state index in [1.807, 2.05) is 30.3 Å². The molecular weight excluding hydrogens is 408 g/mol. The fraction of sp³-hybridized carbons (Fsp3) is 0.318. The Morgan fingerprint density at radius 2 is 1.72 bits per heavy atom. The zero-order chi connectivity index (χ0) is 20.6. The molecule has 0 saturated carbocycles. The summed E-state index contributed by atoms with van der Waals surface area (Å²) < 4.78 is 28.6. The summed E-state index contributed by atoms with van der Waals surface area (Å²) in [4.78, 5) is 15.1. The van der Waals surface area contributed by atoms with Gasteiger partial charge in [-0.3, -0.25) is 9.10 Å². The molecule has 2 heterocycles. The number of piperidine rings is 1. The number of halogens is 1. The van der Waals surface area contributed by atoms with Crippen LogP contribution in [-0.2, 0) is 14.8 Å². The Labute approximate surface area is 176 Å². The van der Waals surface area contributed by atoms with Crippen molar-refractivity contribution >= 4 is 38.8 Å². The second-order valence-electron chi connectivity index (χ2n) is 7.25. The third kappa shape index (κ3) is 3.45. The van der Waals surface area contributed by atoms with Crippen molar-refractivity contribution in [3.05, 3.63) is 69.6 Å². The number of likely N-dealkylation sites (tertiary alicyclic amines) is 1. The molecule has 5 nitrogen and oxygen atoms in total. The fourth-order valence-corrected chi connectivity index (χ4v) is 6.09. The number of hydrogen-bond acceptors (Lipinski definition) is 3. The van der Waals surface area contributed by atoms with Crippen molar-refractivity contribution in [1.29, 1.82) is 0 Å². The van der Waals surface area contributed by atoms with Crippen LogP contribution in [0.4, 0.5) is 5.69 Å². The second kappa shape index (κ2) is 7.84. The van der Waals surface area contributed by atoms with E-state index < -0.39 is 15.9 Å². The van der Waals surface area contributed by atoms with E-state index in [4.69, 9.17) is 11.6 Å². The number of carbonyl (C=O) groups excluding carboxylic acids is 1. The van der Waals surface area contributed by atoms with Crippen LogP contribution in [0, 0.1) is 0 Å². The highest BCUT2D eigenvalue weighted by molar-refractivity contribution is 7.97. The first-order chi connectivity index (χ1) is 13.9. The first kappa shape index (κ1) is 20.0. The second-order valence-corrected chi connectivity index (χ2v) is 9.49. The van der Waals surface area contributed by atoms with Crippen molar-refractivity contribution in [3.8, 4) is 0 Å². The van der Waals surface area contributed by atoms with Gasteiger partial charge in [-0.25, -0.2) is 8.42 Å². The summed E-state index contributed by atoms with van der Waals surface area (Å²) in [6, 6.07) is 14.4. The lowest BCUT2D eigenvalue weighted by Crippen LogP contribution is -2.44. The van der Waals surface area contributed by atoms with Gasteiger partial charge >= 0.3 is 0 Å². The molecule has 4 rings (SSSR count). The first-order valence-corrected chi connectivity index (χ1v) is 11.7. The Balaban J connectivity index is 2.04. The Morgan fingerprint density at radius 3 is 2.38 bits per heavy atom. The predicted octanol–water partition coefficient (Wildman–Crippen LogP) is 4.28. The molecule has 2 aromatic rings. The number of benzene rings is 2. The van der Waals surface area contributed by atoms with Gasteiger partial charge in [0.25, 0.3) is 15.9 Å². The molecule has 0 bridgehead atoms. The van der Waals surface area contributed by atoms with E-state index in [1.165, 1.54) is 4.31 Å². The Hall–Kier alpha value is -2.31. The lowest BCUT2D eigenvalue weighted by Gasteiger charge is -2.35. The number of carbonyl (C=O) groups is 1. The van der Waals surface area contributed by atoms with Gasteiger partial charge in [0.05, 0.1) is 5.69 Å². The third-order valence-corrected chi connectivity index (χ3v) is 7.62. The molecule has 2 aromatic carbocycles. The monoisotopic (exact) mass is 430 g/mol. The van der Waals surface area contributed by atoms with Crippen molar-refractivity contribution in [2.45, 2.75) is 26.2 Å². The number of amides is 1. The van der Waals surface area contributed by atoms with Crippen molar-refractivity contribution < 1.29 is 13.2 Å². The molecule has 0 spiro atoms. The van der Waals surface area contributed by atoms with E-state index in [9.17, 15) is 13.2 Å². The third-order valence-electron chi connectivity index (χ3n) is 5.46. The standard InChI is InChI=1S/C22H23ClN2O3S/c1-2-25-19-12-11-17(23)15-18(19)20(16-9-5-3-6-10-16)21(29(25,27)28)22(26)24-13-7-4-8-14-24/h3,5-6,9-12,15H,2,4,7-8,13-14H2,1H3. The summed E-state index contributed by atoms with van der Waals surface area (Å²) in [6.45, 7) is 3.16. The summed E-state index contributed by atoms with van der Waals surface area (Å²) in [5.74, 6) is -0.423. The Morgan fingerprint density at radius 1 is 1.03 bits per heavy atom. The SMILES string of the molecule is CCN1c2ccc(Cl)cc2C(c2ccccc2)=C(C(=O)N2CCCCC2)S1(=O)=O. The molecule has 152 valence electrons. The van der Waals surface area contributed by atoms with Gasteiger partial charge in [0, 0.05) is 35.8 Å². The van der Waals surface area contributed by atoms with Crippen LogP contribution < -0.4 is 4.31 Å². The van der Waals surface area contributed by atoms with Gasteiger partial charge in [-0.05, 0) is 49.9 Å². The van der Waals surface area contributed by atoms with Gasteiger partial charge < -0.3 is 4.90 Å². The molecule has 2 aliphatic rings. The van der Waals surface area contributed by atoms with Gasteiger partial charge in [0.2, 0.25) is 0 Å². The highest BCUT2D eigenvalue weighted by atomic mass is 35.5. The number of fused-ring (bicyclic) bond motifs is 1. The maximum Gasteiger partial charge on any atom is 0.270 e. The van der Waals surface area contributed by atoms with Crippen LogP contribution in [0.2, 0.25) is 5.02 Å². The number of nitrogens with zero attached hydrogens (tertiary/aromatic N) is 2. The highest BCUT2D eigenvalue weighted by Crippen LogP contribution is 2.44. The molecule has 1 amide bonds. The number of anilines is 1. The van der Waals surface area contributed by atoms with E-state index in [-0.39, 0.29) is 11.4 Å². The first-order valence-electron chi connectivity index (χ1n) is 9.86. The van der Waals surface area contributed by atoms with E-state index in [0.29, 0.717) is 40.5 Å². The number of hydrogen-bond donors (Lipinski definition) is 0. The quantitative estimate of drug-likeness (QED) is 0.730. The summed E-state index contributed by atoms with van der Waals surface area (Å²) in [5.41, 5.74) is 2.34. The number of sulfonamides is 1. The van der Waals surface area contributed by atoms with Crippen molar-refractivity contribution in [3.63, 3.8) is 0 Å². The molecule has 1 saturated heterocycles. The van der Waals surface area contributed by atoms with Gasteiger partial charge in [-0.2, -0.15) is 0 Å². The van der Waals surface area contributed by atoms with E-state index in [2.05, 4.69) is 0 Å². The Bertz CT molecular complexity index is 1070. The highest BCUT2D eigenvalue weighted by Gasteiger charge is 2.42. The summed E-state index contributed by atoms with van der Waals surface area (Å²) in [5, 5.41) is 0.498. The van der Waals surface area contributed by atoms with Crippen LogP contribution in [0.3, 0.4) is 0 Å². The van der Waals surface area contributed by atoms with Gasteiger partial charge in [0.15, 0.2) is 4.91 Å². The fourth-order valence-electron chi connectivity index (χ4n) is 4.11.